The lowest BCUT2D eigenvalue weighted by Crippen LogP contribution is -2.28. The lowest BCUT2D eigenvalue weighted by atomic mass is 9.82. The molecule has 3 aromatic carbocycles. The lowest BCUT2D eigenvalue weighted by Gasteiger charge is -2.33. The first kappa shape index (κ1) is 25.7. The van der Waals surface area contributed by atoms with Gasteiger partial charge in [-0.1, -0.05) is 36.4 Å². The van der Waals surface area contributed by atoms with E-state index in [1.165, 1.54) is 20.3 Å². The van der Waals surface area contributed by atoms with Gasteiger partial charge in [0, 0.05) is 11.5 Å². The van der Waals surface area contributed by atoms with Gasteiger partial charge >= 0.3 is 5.97 Å². The van der Waals surface area contributed by atoms with Gasteiger partial charge in [-0.2, -0.15) is 0 Å². The van der Waals surface area contributed by atoms with E-state index in [0.29, 0.717) is 5.56 Å². The summed E-state index contributed by atoms with van der Waals surface area (Å²) in [4.78, 5) is 12.3. The topological polar surface area (TPSA) is 56.8 Å². The van der Waals surface area contributed by atoms with Gasteiger partial charge in [-0.25, -0.2) is 9.18 Å². The maximum Gasteiger partial charge on any atom is 0.338 e. The zero-order chi connectivity index (χ0) is 25.5. The number of fused-ring (bicyclic) bond motifs is 1. The molecule has 0 bridgehead atoms. The van der Waals surface area contributed by atoms with E-state index in [2.05, 4.69) is 17.4 Å². The van der Waals surface area contributed by atoms with Crippen LogP contribution >= 0.6 is 0 Å². The van der Waals surface area contributed by atoms with Crippen molar-refractivity contribution in [2.75, 3.05) is 27.3 Å². The maximum absolute atomic E-state index is 13.6. The molecule has 2 atom stereocenters. The quantitative estimate of drug-likeness (QED) is 0.286. The monoisotopic (exact) mass is 491 g/mol. The van der Waals surface area contributed by atoms with Crippen molar-refractivity contribution in [2.45, 2.75) is 44.6 Å². The van der Waals surface area contributed by atoms with E-state index in [1.54, 1.807) is 12.1 Å². The molecule has 0 aromatic heterocycles. The summed E-state index contributed by atoms with van der Waals surface area (Å²) in [5.41, 5.74) is 4.82. The number of rotatable bonds is 10. The van der Waals surface area contributed by atoms with Crippen LogP contribution in [0.5, 0.6) is 11.5 Å². The highest BCUT2D eigenvalue weighted by Gasteiger charge is 2.29. The van der Waals surface area contributed by atoms with E-state index in [9.17, 15) is 9.18 Å². The first-order valence-electron chi connectivity index (χ1n) is 12.5. The van der Waals surface area contributed by atoms with Crippen molar-refractivity contribution < 1.29 is 23.4 Å². The Morgan fingerprint density at radius 1 is 1.08 bits per heavy atom. The molecule has 6 heteroatoms. The number of halogens is 1. The van der Waals surface area contributed by atoms with Crippen LogP contribution in [0, 0.1) is 12.7 Å². The number of nitrogens with one attached hydrogen (secondary N) is 1. The fraction of sp³-hybridized carbons (Fsp3) is 0.367. The Morgan fingerprint density at radius 2 is 1.92 bits per heavy atom. The minimum absolute atomic E-state index is 0.0935. The molecule has 0 spiro atoms. The fourth-order valence-corrected chi connectivity index (χ4v) is 4.84. The van der Waals surface area contributed by atoms with Gasteiger partial charge in [-0.05, 0) is 86.7 Å². The van der Waals surface area contributed by atoms with Crippen molar-refractivity contribution >= 4 is 5.97 Å². The van der Waals surface area contributed by atoms with Gasteiger partial charge in [-0.15, -0.1) is 0 Å². The van der Waals surface area contributed by atoms with Crippen LogP contribution < -0.4 is 14.8 Å². The molecule has 1 N–H and O–H groups in total. The van der Waals surface area contributed by atoms with Crippen molar-refractivity contribution in [1.82, 2.24) is 5.32 Å². The summed E-state index contributed by atoms with van der Waals surface area (Å²) in [5, 5.41) is 3.48. The van der Waals surface area contributed by atoms with Gasteiger partial charge in [-0.3, -0.25) is 0 Å². The Bertz CT molecular complexity index is 1200. The highest BCUT2D eigenvalue weighted by Crippen LogP contribution is 2.41. The number of carbonyl (C=O) groups is 1. The van der Waals surface area contributed by atoms with Crippen LogP contribution in [0.3, 0.4) is 0 Å². The zero-order valence-electron chi connectivity index (χ0n) is 21.2. The third-order valence-electron chi connectivity index (χ3n) is 6.84. The molecule has 36 heavy (non-hydrogen) atoms. The predicted molar refractivity (Wildman–Crippen MR) is 139 cm³/mol. The van der Waals surface area contributed by atoms with Crippen LogP contribution in [0.2, 0.25) is 0 Å². The molecule has 1 aliphatic rings. The standard InChI is InChI=1S/C30H34FNO4/c1-20-10-12-22(18-25(20)30(33)35-3)26-19-23(36-28-9-5-4-8-24(26)28)7-6-15-32-16-14-21-11-13-27(31)29(17-21)34-2/h4-5,8-13,17-18,23,26,32H,6-7,14-16,19H2,1-3H3. The second kappa shape index (κ2) is 12.0. The van der Waals surface area contributed by atoms with Crippen molar-refractivity contribution in [3.8, 4) is 11.5 Å². The van der Waals surface area contributed by atoms with Crippen LogP contribution in [0.15, 0.2) is 60.7 Å². The average molecular weight is 492 g/mol. The van der Waals surface area contributed by atoms with Crippen LogP contribution in [0.25, 0.3) is 0 Å². The van der Waals surface area contributed by atoms with Crippen LogP contribution in [-0.2, 0) is 11.2 Å². The highest BCUT2D eigenvalue weighted by atomic mass is 19.1. The summed E-state index contributed by atoms with van der Waals surface area (Å²) in [5.74, 6) is 0.705. The highest BCUT2D eigenvalue weighted by molar-refractivity contribution is 5.91. The van der Waals surface area contributed by atoms with E-state index >= 15 is 0 Å². The average Bonchev–Trinajstić information content (AvgIpc) is 2.90. The zero-order valence-corrected chi connectivity index (χ0v) is 21.2. The Labute approximate surface area is 212 Å². The molecule has 1 aliphatic heterocycles. The van der Waals surface area contributed by atoms with Crippen LogP contribution in [0.4, 0.5) is 4.39 Å². The molecular weight excluding hydrogens is 457 g/mol. The summed E-state index contributed by atoms with van der Waals surface area (Å²) < 4.78 is 30.0. The molecule has 0 radical (unpaired) electrons. The minimum atomic E-state index is -0.339. The summed E-state index contributed by atoms with van der Waals surface area (Å²) in [6, 6.07) is 19.2. The number of ether oxygens (including phenoxy) is 3. The molecule has 0 amide bonds. The van der Waals surface area contributed by atoms with Gasteiger partial charge in [0.15, 0.2) is 11.6 Å². The number of aryl methyl sites for hydroxylation is 1. The molecule has 0 fully saturated rings. The molecule has 0 saturated heterocycles. The van der Waals surface area contributed by atoms with Gasteiger partial charge in [0.05, 0.1) is 25.9 Å². The van der Waals surface area contributed by atoms with Crippen molar-refractivity contribution in [2.24, 2.45) is 0 Å². The van der Waals surface area contributed by atoms with Gasteiger partial charge in [0.2, 0.25) is 0 Å². The Balaban J connectivity index is 1.34. The number of hydrogen-bond donors (Lipinski definition) is 1. The molecular formula is C30H34FNO4. The summed E-state index contributed by atoms with van der Waals surface area (Å²) >= 11 is 0. The Morgan fingerprint density at radius 3 is 2.72 bits per heavy atom. The largest absolute Gasteiger partial charge is 0.494 e. The summed E-state index contributed by atoms with van der Waals surface area (Å²) in [6.07, 6.45) is 3.67. The molecule has 2 unspecified atom stereocenters. The third kappa shape index (κ3) is 6.05. The third-order valence-corrected chi connectivity index (χ3v) is 6.84. The minimum Gasteiger partial charge on any atom is -0.494 e. The molecule has 190 valence electrons. The summed E-state index contributed by atoms with van der Waals surface area (Å²) in [6.45, 7) is 3.61. The summed E-state index contributed by atoms with van der Waals surface area (Å²) in [7, 11) is 2.90. The normalized spacial score (nSPS) is 16.7. The maximum atomic E-state index is 13.6. The van der Waals surface area contributed by atoms with Crippen molar-refractivity contribution in [3.05, 3.63) is 94.3 Å². The first-order chi connectivity index (χ1) is 17.5. The fourth-order valence-electron chi connectivity index (χ4n) is 4.84. The number of carbonyl (C=O) groups excluding carboxylic acids is 1. The van der Waals surface area contributed by atoms with Crippen LogP contribution in [-0.4, -0.2) is 39.4 Å². The lowest BCUT2D eigenvalue weighted by molar-refractivity contribution is 0.0599. The van der Waals surface area contributed by atoms with E-state index in [1.807, 2.05) is 37.3 Å². The second-order valence-corrected chi connectivity index (χ2v) is 9.24. The number of para-hydroxylation sites is 1. The van der Waals surface area contributed by atoms with Crippen molar-refractivity contribution in [3.63, 3.8) is 0 Å². The first-order valence-corrected chi connectivity index (χ1v) is 12.5. The Kier molecular flexibility index (Phi) is 8.60. The number of benzene rings is 3. The van der Waals surface area contributed by atoms with E-state index < -0.39 is 0 Å². The molecule has 5 nitrogen and oxygen atoms in total. The van der Waals surface area contributed by atoms with E-state index in [0.717, 1.165) is 66.8 Å². The van der Waals surface area contributed by atoms with E-state index in [-0.39, 0.29) is 29.6 Å². The van der Waals surface area contributed by atoms with Crippen molar-refractivity contribution in [1.29, 1.82) is 0 Å². The second-order valence-electron chi connectivity index (χ2n) is 9.24. The smallest absolute Gasteiger partial charge is 0.338 e. The predicted octanol–water partition coefficient (Wildman–Crippen LogP) is 5.82. The van der Waals surface area contributed by atoms with E-state index in [4.69, 9.17) is 14.2 Å². The van der Waals surface area contributed by atoms with Crippen LogP contribution in [0.1, 0.15) is 57.8 Å². The molecule has 0 saturated carbocycles. The van der Waals surface area contributed by atoms with Gasteiger partial charge in [0.1, 0.15) is 5.75 Å². The molecule has 4 rings (SSSR count). The number of hydrogen-bond acceptors (Lipinski definition) is 5. The SMILES string of the molecule is COC(=O)c1cc(C2CC(CCCNCCc3ccc(F)c(OC)c3)Oc3ccccc32)ccc1C. The molecule has 3 aromatic rings. The molecule has 1 heterocycles. The number of esters is 1. The van der Waals surface area contributed by atoms with Gasteiger partial charge in [0.25, 0.3) is 0 Å². The Hall–Kier alpha value is -3.38. The van der Waals surface area contributed by atoms with Gasteiger partial charge < -0.3 is 19.5 Å². The molecule has 0 aliphatic carbocycles. The number of methoxy groups -OCH3 is 2.